The largest absolute Gasteiger partial charge is 0.250 e. The van der Waals surface area contributed by atoms with Crippen molar-refractivity contribution in [3.05, 3.63) is 0 Å². The molecule has 150 valence electrons. The second kappa shape index (κ2) is 7.50. The Hall–Kier alpha value is -0.700. The van der Waals surface area contributed by atoms with E-state index in [1.54, 1.807) is 0 Å². The van der Waals surface area contributed by atoms with E-state index in [-0.39, 0.29) is 0 Å². The standard InChI is InChI=1S/C15H20F10/c16-1-11(2-17)12(3-18,4-19)14(7-22,8-23)15(9-24,10-25)13(11,5-20)6-21/h1-10H2. The Morgan fingerprint density at radius 1 is 0.240 bits per heavy atom. The molecule has 0 radical (unpaired) electrons. The number of halogens is 10. The Morgan fingerprint density at radius 3 is 0.360 bits per heavy atom. The maximum atomic E-state index is 13.9. The minimum atomic E-state index is -3.32. The van der Waals surface area contributed by atoms with Gasteiger partial charge in [0, 0.05) is 27.1 Å². The zero-order valence-electron chi connectivity index (χ0n) is 13.4. The van der Waals surface area contributed by atoms with Crippen LogP contribution in [0, 0.1) is 27.1 Å². The van der Waals surface area contributed by atoms with Crippen LogP contribution in [0.3, 0.4) is 0 Å². The minimum Gasteiger partial charge on any atom is -0.250 e. The van der Waals surface area contributed by atoms with Gasteiger partial charge in [0.05, 0.1) is 66.7 Å². The van der Waals surface area contributed by atoms with E-state index in [0.717, 1.165) is 0 Å². The molecule has 0 heterocycles. The summed E-state index contributed by atoms with van der Waals surface area (Å²) in [5, 5.41) is 0. The van der Waals surface area contributed by atoms with E-state index in [9.17, 15) is 43.9 Å². The van der Waals surface area contributed by atoms with Crippen LogP contribution < -0.4 is 0 Å². The molecule has 0 nitrogen and oxygen atoms in total. The van der Waals surface area contributed by atoms with Gasteiger partial charge in [0.15, 0.2) is 0 Å². The second-order valence-electron chi connectivity index (χ2n) is 6.75. The van der Waals surface area contributed by atoms with Gasteiger partial charge in [0.1, 0.15) is 0 Å². The van der Waals surface area contributed by atoms with Crippen molar-refractivity contribution >= 4 is 0 Å². The lowest BCUT2D eigenvalue weighted by Gasteiger charge is -2.50. The molecule has 0 unspecified atom stereocenters. The van der Waals surface area contributed by atoms with E-state index in [1.165, 1.54) is 0 Å². The highest BCUT2D eigenvalue weighted by Gasteiger charge is 2.88. The van der Waals surface area contributed by atoms with Gasteiger partial charge in [0.25, 0.3) is 0 Å². The normalized spacial score (nSPS) is 25.2. The van der Waals surface area contributed by atoms with Crippen LogP contribution in [-0.4, -0.2) is 66.7 Å². The molecule has 0 atom stereocenters. The molecule has 25 heavy (non-hydrogen) atoms. The highest BCUT2D eigenvalue weighted by molar-refractivity contribution is 5.31. The fraction of sp³-hybridized carbons (Fsp3) is 1.00. The van der Waals surface area contributed by atoms with Crippen molar-refractivity contribution in [2.45, 2.75) is 0 Å². The molecule has 10 heteroatoms. The van der Waals surface area contributed by atoms with E-state index >= 15 is 0 Å². The summed E-state index contributed by atoms with van der Waals surface area (Å²) >= 11 is 0. The van der Waals surface area contributed by atoms with Crippen molar-refractivity contribution < 1.29 is 43.9 Å². The Morgan fingerprint density at radius 2 is 0.320 bits per heavy atom. The number of alkyl halides is 10. The zero-order valence-corrected chi connectivity index (χ0v) is 13.4. The molecule has 1 aliphatic rings. The molecule has 0 aliphatic heterocycles. The van der Waals surface area contributed by atoms with Crippen LogP contribution in [0.15, 0.2) is 0 Å². The van der Waals surface area contributed by atoms with Gasteiger partial charge in [0.2, 0.25) is 0 Å². The van der Waals surface area contributed by atoms with Crippen LogP contribution in [0.2, 0.25) is 0 Å². The second-order valence-corrected chi connectivity index (χ2v) is 6.75. The summed E-state index contributed by atoms with van der Waals surface area (Å²) in [4.78, 5) is 0. The highest BCUT2D eigenvalue weighted by Crippen LogP contribution is 2.79. The molecule has 0 bridgehead atoms. The summed E-state index contributed by atoms with van der Waals surface area (Å²) in [6.07, 6.45) is 0. The molecule has 0 saturated heterocycles. The summed E-state index contributed by atoms with van der Waals surface area (Å²) in [6.45, 7) is -21.4. The van der Waals surface area contributed by atoms with Gasteiger partial charge in [-0.1, -0.05) is 0 Å². The molecule has 0 spiro atoms. The maximum Gasteiger partial charge on any atom is 0.0990 e. The quantitative estimate of drug-likeness (QED) is 0.478. The molecule has 0 aromatic heterocycles. The third-order valence-electron chi connectivity index (χ3n) is 6.86. The SMILES string of the molecule is FCC1(CF)C(CF)(CF)C(CF)(CF)C(CF)(CF)C1(CF)CF. The Labute approximate surface area is 138 Å². The summed E-state index contributed by atoms with van der Waals surface area (Å²) in [6, 6.07) is 0. The van der Waals surface area contributed by atoms with E-state index < -0.39 is 93.8 Å². The molecule has 1 fully saturated rings. The molecule has 1 rings (SSSR count). The predicted octanol–water partition coefficient (Wildman–Crippen LogP) is 4.63. The molecule has 0 aromatic carbocycles. The molecule has 0 aromatic rings. The van der Waals surface area contributed by atoms with E-state index in [4.69, 9.17) is 0 Å². The first-order valence-corrected chi connectivity index (χ1v) is 7.46. The first-order valence-electron chi connectivity index (χ1n) is 7.46. The molecule has 0 amide bonds. The van der Waals surface area contributed by atoms with Gasteiger partial charge < -0.3 is 0 Å². The average Bonchev–Trinajstić information content (AvgIpc) is 2.84. The number of hydrogen-bond donors (Lipinski definition) is 0. The molecular formula is C15H20F10. The lowest BCUT2D eigenvalue weighted by molar-refractivity contribution is -0.139. The lowest BCUT2D eigenvalue weighted by Crippen LogP contribution is -2.59. The van der Waals surface area contributed by atoms with E-state index in [1.807, 2.05) is 0 Å². The van der Waals surface area contributed by atoms with Gasteiger partial charge in [-0.25, -0.2) is 0 Å². The fourth-order valence-corrected chi connectivity index (χ4v) is 5.03. The zero-order chi connectivity index (χ0) is 19.6. The molecule has 0 N–H and O–H groups in total. The fourth-order valence-electron chi connectivity index (χ4n) is 5.03. The summed E-state index contributed by atoms with van der Waals surface area (Å²) in [5.41, 5.74) is -16.6. The Kier molecular flexibility index (Phi) is 6.70. The Balaban J connectivity index is 4.20. The highest BCUT2D eigenvalue weighted by atomic mass is 19.2. The van der Waals surface area contributed by atoms with Crippen LogP contribution in [-0.2, 0) is 0 Å². The van der Waals surface area contributed by atoms with Crippen LogP contribution in [0.4, 0.5) is 43.9 Å². The molecule has 1 aliphatic carbocycles. The third-order valence-corrected chi connectivity index (χ3v) is 6.86. The monoisotopic (exact) mass is 390 g/mol. The Bertz CT molecular complexity index is 307. The average molecular weight is 390 g/mol. The molecular weight excluding hydrogens is 370 g/mol. The third kappa shape index (κ3) is 1.91. The van der Waals surface area contributed by atoms with Crippen LogP contribution in [0.5, 0.6) is 0 Å². The van der Waals surface area contributed by atoms with Gasteiger partial charge in [-0.05, 0) is 0 Å². The van der Waals surface area contributed by atoms with Gasteiger partial charge in [-0.2, -0.15) is 0 Å². The van der Waals surface area contributed by atoms with Crippen molar-refractivity contribution in [3.63, 3.8) is 0 Å². The van der Waals surface area contributed by atoms with Crippen LogP contribution >= 0.6 is 0 Å². The van der Waals surface area contributed by atoms with Crippen molar-refractivity contribution in [3.8, 4) is 0 Å². The van der Waals surface area contributed by atoms with Gasteiger partial charge in [-0.3, -0.25) is 43.9 Å². The molecule has 1 saturated carbocycles. The van der Waals surface area contributed by atoms with Gasteiger partial charge in [-0.15, -0.1) is 0 Å². The number of rotatable bonds is 10. The minimum absolute atomic E-state index is 2.14. The van der Waals surface area contributed by atoms with Crippen molar-refractivity contribution in [1.29, 1.82) is 0 Å². The first kappa shape index (κ1) is 22.3. The summed E-state index contributed by atoms with van der Waals surface area (Å²) < 4.78 is 139. The van der Waals surface area contributed by atoms with Gasteiger partial charge >= 0.3 is 0 Å². The van der Waals surface area contributed by atoms with Crippen LogP contribution in [0.25, 0.3) is 0 Å². The van der Waals surface area contributed by atoms with Crippen molar-refractivity contribution in [2.24, 2.45) is 27.1 Å². The topological polar surface area (TPSA) is 0 Å². The number of hydrogen-bond acceptors (Lipinski definition) is 0. The smallest absolute Gasteiger partial charge is 0.0990 e. The van der Waals surface area contributed by atoms with Crippen molar-refractivity contribution in [2.75, 3.05) is 66.7 Å². The van der Waals surface area contributed by atoms with E-state index in [0.29, 0.717) is 0 Å². The lowest BCUT2D eigenvalue weighted by atomic mass is 9.55. The maximum absolute atomic E-state index is 13.9. The summed E-state index contributed by atoms with van der Waals surface area (Å²) in [7, 11) is 0. The predicted molar refractivity (Wildman–Crippen MR) is 71.9 cm³/mol. The van der Waals surface area contributed by atoms with Crippen LogP contribution in [0.1, 0.15) is 0 Å². The first-order chi connectivity index (χ1) is 11.9. The van der Waals surface area contributed by atoms with Crippen molar-refractivity contribution in [1.82, 2.24) is 0 Å². The summed E-state index contributed by atoms with van der Waals surface area (Å²) in [5.74, 6) is 0. The van der Waals surface area contributed by atoms with E-state index in [2.05, 4.69) is 0 Å².